The zero-order chi connectivity index (χ0) is 17.6. The van der Waals surface area contributed by atoms with E-state index in [0.717, 1.165) is 17.6 Å². The molecular formula is C17H26N2O4S. The van der Waals surface area contributed by atoms with Crippen LogP contribution in [0, 0.1) is 0 Å². The zero-order valence-electron chi connectivity index (χ0n) is 14.4. The third-order valence-corrected chi connectivity index (χ3v) is 5.73. The van der Waals surface area contributed by atoms with Gasteiger partial charge in [-0.05, 0) is 36.6 Å². The summed E-state index contributed by atoms with van der Waals surface area (Å²) in [4.78, 5) is 0. The summed E-state index contributed by atoms with van der Waals surface area (Å²) in [5.74, 6) is 1.64. The predicted octanol–water partition coefficient (Wildman–Crippen LogP) is 1.78. The van der Waals surface area contributed by atoms with Crippen LogP contribution in [0.15, 0.2) is 30.4 Å². The van der Waals surface area contributed by atoms with Gasteiger partial charge in [0.2, 0.25) is 10.0 Å². The fourth-order valence-electron chi connectivity index (χ4n) is 2.52. The van der Waals surface area contributed by atoms with Gasteiger partial charge in [0.05, 0.1) is 12.9 Å². The smallest absolute Gasteiger partial charge is 0.214 e. The first-order valence-corrected chi connectivity index (χ1v) is 9.66. The van der Waals surface area contributed by atoms with Gasteiger partial charge in [0, 0.05) is 26.2 Å². The van der Waals surface area contributed by atoms with Gasteiger partial charge in [0.15, 0.2) is 11.5 Å². The Hall–Kier alpha value is -1.57. The van der Waals surface area contributed by atoms with Gasteiger partial charge in [-0.15, -0.1) is 0 Å². The Morgan fingerprint density at radius 1 is 1.38 bits per heavy atom. The maximum absolute atomic E-state index is 11.7. The zero-order valence-corrected chi connectivity index (χ0v) is 15.2. The molecule has 0 atom stereocenters. The Labute approximate surface area is 144 Å². The van der Waals surface area contributed by atoms with Crippen molar-refractivity contribution in [2.24, 2.45) is 0 Å². The average molecular weight is 354 g/mol. The van der Waals surface area contributed by atoms with Crippen molar-refractivity contribution in [3.8, 4) is 11.5 Å². The first-order valence-electron chi connectivity index (χ1n) is 8.05. The molecule has 1 N–H and O–H groups in total. The SMILES string of the molecule is C=C(C)COc1cc(CNCCN2CCCS2(=O)=O)ccc1OC. The third-order valence-electron chi connectivity index (χ3n) is 3.77. The fraction of sp³-hybridized carbons (Fsp3) is 0.529. The van der Waals surface area contributed by atoms with Crippen molar-refractivity contribution >= 4 is 10.0 Å². The highest BCUT2D eigenvalue weighted by atomic mass is 32.2. The number of nitrogens with zero attached hydrogens (tertiary/aromatic N) is 1. The molecule has 1 heterocycles. The van der Waals surface area contributed by atoms with E-state index in [1.807, 2.05) is 25.1 Å². The van der Waals surface area contributed by atoms with Gasteiger partial charge in [-0.1, -0.05) is 12.6 Å². The lowest BCUT2D eigenvalue weighted by Gasteiger charge is -2.15. The number of sulfonamides is 1. The maximum atomic E-state index is 11.7. The van der Waals surface area contributed by atoms with E-state index < -0.39 is 10.0 Å². The van der Waals surface area contributed by atoms with E-state index >= 15 is 0 Å². The van der Waals surface area contributed by atoms with E-state index in [1.165, 1.54) is 0 Å². The lowest BCUT2D eigenvalue weighted by molar-refractivity contribution is 0.319. The molecule has 1 aliphatic rings. The number of hydrogen-bond donors (Lipinski definition) is 1. The van der Waals surface area contributed by atoms with Crippen molar-refractivity contribution in [1.29, 1.82) is 0 Å². The van der Waals surface area contributed by atoms with E-state index in [1.54, 1.807) is 11.4 Å². The summed E-state index contributed by atoms with van der Waals surface area (Å²) >= 11 is 0. The molecule has 1 aromatic carbocycles. The highest BCUT2D eigenvalue weighted by Gasteiger charge is 2.27. The summed E-state index contributed by atoms with van der Waals surface area (Å²) in [6.07, 6.45) is 0.726. The quantitative estimate of drug-likeness (QED) is 0.541. The van der Waals surface area contributed by atoms with Crippen LogP contribution in [0.1, 0.15) is 18.9 Å². The number of rotatable bonds is 9. The van der Waals surface area contributed by atoms with Gasteiger partial charge < -0.3 is 14.8 Å². The van der Waals surface area contributed by atoms with Crippen LogP contribution in [0.4, 0.5) is 0 Å². The van der Waals surface area contributed by atoms with Gasteiger partial charge in [0.25, 0.3) is 0 Å². The molecule has 1 aliphatic heterocycles. The molecule has 2 rings (SSSR count). The molecule has 0 aliphatic carbocycles. The number of methoxy groups -OCH3 is 1. The van der Waals surface area contributed by atoms with Crippen molar-refractivity contribution in [3.05, 3.63) is 35.9 Å². The Bertz CT molecular complexity index is 673. The van der Waals surface area contributed by atoms with Crippen LogP contribution in [-0.4, -0.2) is 51.8 Å². The van der Waals surface area contributed by atoms with Crippen LogP contribution in [0.25, 0.3) is 0 Å². The second kappa shape index (κ2) is 8.50. The molecule has 0 radical (unpaired) electrons. The Balaban J connectivity index is 1.85. The highest BCUT2D eigenvalue weighted by molar-refractivity contribution is 7.89. The molecule has 0 bridgehead atoms. The van der Waals surface area contributed by atoms with Crippen LogP contribution >= 0.6 is 0 Å². The van der Waals surface area contributed by atoms with E-state index in [4.69, 9.17) is 9.47 Å². The van der Waals surface area contributed by atoms with Gasteiger partial charge in [0.1, 0.15) is 6.61 Å². The van der Waals surface area contributed by atoms with Crippen molar-refractivity contribution in [2.75, 3.05) is 39.1 Å². The van der Waals surface area contributed by atoms with Crippen LogP contribution < -0.4 is 14.8 Å². The minimum atomic E-state index is -3.01. The number of benzene rings is 1. The highest BCUT2D eigenvalue weighted by Crippen LogP contribution is 2.28. The lowest BCUT2D eigenvalue weighted by Crippen LogP contribution is -2.33. The molecule has 6 nitrogen and oxygen atoms in total. The Kier molecular flexibility index (Phi) is 6.65. The largest absolute Gasteiger partial charge is 0.493 e. The van der Waals surface area contributed by atoms with E-state index in [-0.39, 0.29) is 5.75 Å². The fourth-order valence-corrected chi connectivity index (χ4v) is 4.05. The first kappa shape index (κ1) is 18.8. The predicted molar refractivity (Wildman–Crippen MR) is 95.0 cm³/mol. The van der Waals surface area contributed by atoms with Crippen molar-refractivity contribution in [2.45, 2.75) is 19.9 Å². The minimum absolute atomic E-state index is 0.273. The molecule has 1 fully saturated rings. The van der Waals surface area contributed by atoms with Crippen molar-refractivity contribution in [3.63, 3.8) is 0 Å². The summed E-state index contributed by atoms with van der Waals surface area (Å²) in [6, 6.07) is 5.77. The van der Waals surface area contributed by atoms with Crippen molar-refractivity contribution < 1.29 is 17.9 Å². The molecule has 0 saturated carbocycles. The molecule has 0 spiro atoms. The van der Waals surface area contributed by atoms with Gasteiger partial charge in [-0.2, -0.15) is 0 Å². The third kappa shape index (κ3) is 5.22. The minimum Gasteiger partial charge on any atom is -0.493 e. The van der Waals surface area contributed by atoms with Gasteiger partial charge >= 0.3 is 0 Å². The second-order valence-corrected chi connectivity index (χ2v) is 8.06. The molecule has 24 heavy (non-hydrogen) atoms. The summed E-state index contributed by atoms with van der Waals surface area (Å²) < 4.78 is 36.0. The molecule has 0 aromatic heterocycles. The van der Waals surface area contributed by atoms with Crippen LogP contribution in [0.2, 0.25) is 0 Å². The number of ether oxygens (including phenoxy) is 2. The normalized spacial score (nSPS) is 16.9. The molecule has 0 amide bonds. The van der Waals surface area contributed by atoms with Crippen LogP contribution in [0.3, 0.4) is 0 Å². The summed E-state index contributed by atoms with van der Waals surface area (Å²) in [6.45, 7) is 8.58. The molecule has 7 heteroatoms. The first-order chi connectivity index (χ1) is 11.4. The maximum Gasteiger partial charge on any atom is 0.214 e. The monoisotopic (exact) mass is 354 g/mol. The molecule has 1 aromatic rings. The van der Waals surface area contributed by atoms with Gasteiger partial charge in [-0.3, -0.25) is 0 Å². The molecule has 0 unspecified atom stereocenters. The summed E-state index contributed by atoms with van der Waals surface area (Å²) in [5.41, 5.74) is 1.99. The lowest BCUT2D eigenvalue weighted by atomic mass is 10.2. The topological polar surface area (TPSA) is 67.9 Å². The summed E-state index contributed by atoms with van der Waals surface area (Å²) in [7, 11) is -1.41. The van der Waals surface area contributed by atoms with Crippen molar-refractivity contribution in [1.82, 2.24) is 9.62 Å². The molecular weight excluding hydrogens is 328 g/mol. The van der Waals surface area contributed by atoms with Crippen LogP contribution in [-0.2, 0) is 16.6 Å². The van der Waals surface area contributed by atoms with E-state index in [9.17, 15) is 8.42 Å². The second-order valence-electron chi connectivity index (χ2n) is 5.98. The van der Waals surface area contributed by atoms with Crippen LogP contribution in [0.5, 0.6) is 11.5 Å². The number of hydrogen-bond acceptors (Lipinski definition) is 5. The number of nitrogens with one attached hydrogen (secondary N) is 1. The Morgan fingerprint density at radius 3 is 2.79 bits per heavy atom. The average Bonchev–Trinajstić information content (AvgIpc) is 2.88. The summed E-state index contributed by atoms with van der Waals surface area (Å²) in [5, 5.41) is 3.28. The molecule has 134 valence electrons. The van der Waals surface area contributed by atoms with E-state index in [0.29, 0.717) is 44.3 Å². The van der Waals surface area contributed by atoms with E-state index in [2.05, 4.69) is 11.9 Å². The van der Waals surface area contributed by atoms with Gasteiger partial charge in [-0.25, -0.2) is 12.7 Å². The molecule has 1 saturated heterocycles. The Morgan fingerprint density at radius 2 is 2.17 bits per heavy atom. The standard InChI is InChI=1S/C17H26N2O4S/c1-14(2)13-23-17-11-15(5-6-16(17)22-3)12-18-7-9-19-8-4-10-24(19,20)21/h5-6,11,18H,1,4,7-10,12-13H2,2-3H3.